The van der Waals surface area contributed by atoms with Gasteiger partial charge in [0, 0.05) is 5.57 Å². The summed E-state index contributed by atoms with van der Waals surface area (Å²) in [6.45, 7) is 1.44. The van der Waals surface area contributed by atoms with Crippen molar-refractivity contribution in [3.05, 3.63) is 53.2 Å². The van der Waals surface area contributed by atoms with E-state index in [1.165, 1.54) is 30.4 Å². The number of hydrazine groups is 1. The van der Waals surface area contributed by atoms with Gasteiger partial charge in [-0.3, -0.25) is 9.59 Å². The molecule has 0 saturated heterocycles. The number of amides is 1. The first-order valence-electron chi connectivity index (χ1n) is 7.24. The van der Waals surface area contributed by atoms with Crippen LogP contribution in [0.25, 0.3) is 21.6 Å². The highest BCUT2D eigenvalue weighted by Gasteiger charge is 2.22. The maximum Gasteiger partial charge on any atom is 0.269 e. The molecule has 126 valence electrons. The highest BCUT2D eigenvalue weighted by Crippen LogP contribution is 2.30. The van der Waals surface area contributed by atoms with Gasteiger partial charge in [0.15, 0.2) is 11.6 Å². The highest BCUT2D eigenvalue weighted by atomic mass is 32.1. The van der Waals surface area contributed by atoms with Crippen LogP contribution in [0.15, 0.2) is 47.4 Å². The smallest absolute Gasteiger partial charge is 0.269 e. The molecule has 8 heteroatoms. The van der Waals surface area contributed by atoms with Crippen molar-refractivity contribution in [1.82, 2.24) is 9.97 Å². The van der Waals surface area contributed by atoms with Crippen LogP contribution < -0.4 is 10.9 Å². The Bertz CT molecular complexity index is 986. The summed E-state index contributed by atoms with van der Waals surface area (Å²) < 4.78 is 14.4. The minimum Gasteiger partial charge on any atom is -0.299 e. The maximum absolute atomic E-state index is 14.4. The third kappa shape index (κ3) is 3.17. The quantitative estimate of drug-likeness (QED) is 0.255. The van der Waals surface area contributed by atoms with Gasteiger partial charge < -0.3 is 0 Å². The predicted octanol–water partition coefficient (Wildman–Crippen LogP) is 2.85. The number of thiophene rings is 1. The number of halogens is 1. The average Bonchev–Trinajstić information content (AvgIpc) is 3.14. The lowest BCUT2D eigenvalue weighted by atomic mass is 10.2. The van der Waals surface area contributed by atoms with Crippen molar-refractivity contribution in [2.75, 3.05) is 5.01 Å². The number of aromatic nitrogens is 2. The summed E-state index contributed by atoms with van der Waals surface area (Å²) in [7, 11) is 0. The van der Waals surface area contributed by atoms with E-state index in [0.29, 0.717) is 17.6 Å². The molecule has 3 rings (SSSR count). The first-order valence-corrected chi connectivity index (χ1v) is 8.12. The molecule has 1 amide bonds. The van der Waals surface area contributed by atoms with Crippen molar-refractivity contribution < 1.29 is 14.0 Å². The summed E-state index contributed by atoms with van der Waals surface area (Å²) in [5.74, 6) is 4.92. The molecule has 0 unspecified atom stereocenters. The molecule has 0 aliphatic heterocycles. The zero-order valence-corrected chi connectivity index (χ0v) is 14.0. The van der Waals surface area contributed by atoms with Crippen LogP contribution in [-0.2, 0) is 9.59 Å². The topological polar surface area (TPSA) is 89.2 Å². The summed E-state index contributed by atoms with van der Waals surface area (Å²) in [6.07, 6.45) is 1.57. The van der Waals surface area contributed by atoms with Crippen LogP contribution >= 0.6 is 11.3 Å². The molecular formula is C17H13FN4O2S. The normalized spacial score (nSPS) is 11.6. The van der Waals surface area contributed by atoms with Crippen LogP contribution in [0, 0.1) is 5.82 Å². The standard InChI is InChI=1S/C17H13FN4O2S/c1-10(7-8-23)17(24)22(19)16-14-11(18)4-2-5-12(14)20-15(21-16)13-6-3-9-25-13/h2-9H,19H2,1H3/b10-7-. The van der Waals surface area contributed by atoms with Crippen molar-refractivity contribution in [2.45, 2.75) is 6.92 Å². The second kappa shape index (κ2) is 6.88. The summed E-state index contributed by atoms with van der Waals surface area (Å²) >= 11 is 1.41. The van der Waals surface area contributed by atoms with Gasteiger partial charge in [0.2, 0.25) is 0 Å². The number of benzene rings is 1. The minimum absolute atomic E-state index is 0.0394. The predicted molar refractivity (Wildman–Crippen MR) is 94.3 cm³/mol. The van der Waals surface area contributed by atoms with Crippen molar-refractivity contribution in [1.29, 1.82) is 0 Å². The first-order chi connectivity index (χ1) is 12.0. The summed E-state index contributed by atoms with van der Waals surface area (Å²) in [4.78, 5) is 32.4. The number of carbonyl (C=O) groups excluding carboxylic acids is 2. The van der Waals surface area contributed by atoms with Gasteiger partial charge in [-0.2, -0.15) is 0 Å². The van der Waals surface area contributed by atoms with Crippen molar-refractivity contribution in [3.63, 3.8) is 0 Å². The molecule has 3 aromatic rings. The van der Waals surface area contributed by atoms with E-state index in [1.807, 2.05) is 17.5 Å². The molecule has 1 aromatic carbocycles. The van der Waals surface area contributed by atoms with Gasteiger partial charge in [-0.15, -0.1) is 11.3 Å². The molecule has 2 N–H and O–H groups in total. The van der Waals surface area contributed by atoms with Crippen LogP contribution in [0.5, 0.6) is 0 Å². The monoisotopic (exact) mass is 356 g/mol. The Kier molecular flexibility index (Phi) is 4.64. The van der Waals surface area contributed by atoms with Crippen LogP contribution in [0.4, 0.5) is 10.2 Å². The average molecular weight is 356 g/mol. The zero-order chi connectivity index (χ0) is 18.0. The fourth-order valence-corrected chi connectivity index (χ4v) is 2.93. The molecule has 6 nitrogen and oxygen atoms in total. The van der Waals surface area contributed by atoms with Crippen LogP contribution in [0.3, 0.4) is 0 Å². The summed E-state index contributed by atoms with van der Waals surface area (Å²) in [6, 6.07) is 8.03. The number of carbonyl (C=O) groups is 2. The van der Waals surface area contributed by atoms with E-state index >= 15 is 0 Å². The second-order valence-electron chi connectivity index (χ2n) is 5.14. The summed E-state index contributed by atoms with van der Waals surface area (Å²) in [5, 5.41) is 2.63. The minimum atomic E-state index is -0.660. The molecule has 0 spiro atoms. The van der Waals surface area contributed by atoms with Gasteiger partial charge in [-0.1, -0.05) is 12.1 Å². The third-order valence-electron chi connectivity index (χ3n) is 3.50. The number of anilines is 1. The van der Waals surface area contributed by atoms with Crippen molar-refractivity contribution in [2.24, 2.45) is 5.84 Å². The van der Waals surface area contributed by atoms with Crippen molar-refractivity contribution in [3.8, 4) is 10.7 Å². The molecule has 2 aromatic heterocycles. The highest BCUT2D eigenvalue weighted by molar-refractivity contribution is 7.13. The largest absolute Gasteiger partial charge is 0.299 e. The number of nitrogens with zero attached hydrogens (tertiary/aromatic N) is 3. The Morgan fingerprint density at radius 1 is 1.28 bits per heavy atom. The van der Waals surface area contributed by atoms with E-state index < -0.39 is 11.7 Å². The first kappa shape index (κ1) is 16.9. The number of rotatable bonds is 4. The van der Waals surface area contributed by atoms with E-state index in [4.69, 9.17) is 5.84 Å². The molecule has 0 radical (unpaired) electrons. The molecule has 0 bridgehead atoms. The van der Waals surface area contributed by atoms with Gasteiger partial charge in [-0.25, -0.2) is 25.2 Å². The number of hydrogen-bond donors (Lipinski definition) is 1. The van der Waals surface area contributed by atoms with Gasteiger partial charge in [0.25, 0.3) is 5.91 Å². The molecule has 25 heavy (non-hydrogen) atoms. The van der Waals surface area contributed by atoms with Gasteiger partial charge >= 0.3 is 0 Å². The summed E-state index contributed by atoms with van der Waals surface area (Å²) in [5.41, 5.74) is 0.437. The Hall–Kier alpha value is -2.97. The fourth-order valence-electron chi connectivity index (χ4n) is 2.27. The van der Waals surface area contributed by atoms with Crippen LogP contribution in [-0.4, -0.2) is 22.2 Å². The van der Waals surface area contributed by atoms with Gasteiger partial charge in [0.05, 0.1) is 15.8 Å². The van der Waals surface area contributed by atoms with Crippen LogP contribution in [0.2, 0.25) is 0 Å². The molecule has 2 heterocycles. The molecule has 0 aliphatic carbocycles. The fraction of sp³-hybridized carbons (Fsp3) is 0.0588. The Morgan fingerprint density at radius 3 is 2.76 bits per heavy atom. The number of allylic oxidation sites excluding steroid dienone is 1. The lowest BCUT2D eigenvalue weighted by Crippen LogP contribution is -2.39. The zero-order valence-electron chi connectivity index (χ0n) is 13.1. The molecule has 0 aliphatic rings. The van der Waals surface area contributed by atoms with E-state index in [-0.39, 0.29) is 16.8 Å². The molecular weight excluding hydrogens is 343 g/mol. The van der Waals surface area contributed by atoms with E-state index in [2.05, 4.69) is 9.97 Å². The molecule has 0 fully saturated rings. The van der Waals surface area contributed by atoms with E-state index in [0.717, 1.165) is 16.0 Å². The van der Waals surface area contributed by atoms with E-state index in [1.54, 1.807) is 6.07 Å². The maximum atomic E-state index is 14.4. The lowest BCUT2D eigenvalue weighted by Gasteiger charge is -2.18. The van der Waals surface area contributed by atoms with Crippen LogP contribution in [0.1, 0.15) is 6.92 Å². The molecule has 0 atom stereocenters. The number of hydrogen-bond acceptors (Lipinski definition) is 6. The van der Waals surface area contributed by atoms with Gasteiger partial charge in [-0.05, 0) is 36.6 Å². The number of nitrogens with two attached hydrogens (primary N) is 1. The SMILES string of the molecule is C/C(=C/C=O)C(=O)N(N)c1nc(-c2cccs2)nc2cccc(F)c12. The second-order valence-corrected chi connectivity index (χ2v) is 6.09. The Morgan fingerprint density at radius 2 is 2.08 bits per heavy atom. The third-order valence-corrected chi connectivity index (χ3v) is 4.36. The number of aldehydes is 1. The molecule has 0 saturated carbocycles. The number of fused-ring (bicyclic) bond motifs is 1. The van der Waals surface area contributed by atoms with Crippen molar-refractivity contribution >= 4 is 40.3 Å². The Balaban J connectivity index is 2.23. The van der Waals surface area contributed by atoms with Gasteiger partial charge in [0.1, 0.15) is 12.1 Å². The van der Waals surface area contributed by atoms with E-state index in [9.17, 15) is 14.0 Å². The lowest BCUT2D eigenvalue weighted by molar-refractivity contribution is -0.115. The Labute approximate surface area is 146 Å².